The summed E-state index contributed by atoms with van der Waals surface area (Å²) in [7, 11) is 0. The van der Waals surface area contributed by atoms with Crippen LogP contribution in [0.15, 0.2) is 109 Å². The Morgan fingerprint density at radius 2 is 0.682 bits per heavy atom. The number of rotatable bonds is 13. The van der Waals surface area contributed by atoms with Crippen molar-refractivity contribution >= 4 is 64.6 Å². The van der Waals surface area contributed by atoms with Gasteiger partial charge in [-0.1, -0.05) is 109 Å². The van der Waals surface area contributed by atoms with Crippen molar-refractivity contribution in [2.45, 2.75) is 32.4 Å². The van der Waals surface area contributed by atoms with Crippen LogP contribution in [0, 0.1) is 0 Å². The van der Waals surface area contributed by atoms with Gasteiger partial charge in [0, 0.05) is 13.1 Å². The van der Waals surface area contributed by atoms with Crippen molar-refractivity contribution in [2.24, 2.45) is 0 Å². The van der Waals surface area contributed by atoms with Gasteiger partial charge >= 0.3 is 0 Å². The molecular weight excluding hydrogens is 534 g/mol. The fraction of sp³-hybridized carbons (Fsp3) is 0.220. The molecule has 0 heterocycles. The van der Waals surface area contributed by atoms with Crippen LogP contribution in [0.1, 0.15) is 30.4 Å². The lowest BCUT2D eigenvalue weighted by atomic mass is 9.92. The highest BCUT2D eigenvalue weighted by Crippen LogP contribution is 2.37. The van der Waals surface area contributed by atoms with Gasteiger partial charge in [-0.05, 0) is 121 Å². The molecule has 0 atom stereocenters. The zero-order valence-electron chi connectivity index (χ0n) is 25.3. The smallest absolute Gasteiger partial charge is 0.0211 e. The Labute approximate surface area is 258 Å². The standard InChI is InChI=1S/C41H39N3/c1(2-23-43-26-34-16-14-32-12-10-28-6-3-8-30-18-20-36(34)40(32)38(28)30)22-42-24-5-25-44-27-35-17-15-33-13-11-29-7-4-9-31-19-21-37(35)41(33)39(29)31/h3-4,6-21,42-44H,1-2,5,22-27H2. The first-order chi connectivity index (χ1) is 21.8. The van der Waals surface area contributed by atoms with Crippen LogP contribution in [0.3, 0.4) is 0 Å². The third kappa shape index (κ3) is 5.01. The molecule has 8 aromatic rings. The van der Waals surface area contributed by atoms with E-state index in [0.717, 1.165) is 45.7 Å². The average molecular weight is 574 g/mol. The van der Waals surface area contributed by atoms with Crippen molar-refractivity contribution in [1.29, 1.82) is 0 Å². The topological polar surface area (TPSA) is 36.1 Å². The Morgan fingerprint density at radius 3 is 1.18 bits per heavy atom. The van der Waals surface area contributed by atoms with Crippen LogP contribution in [0.2, 0.25) is 0 Å². The van der Waals surface area contributed by atoms with Gasteiger partial charge in [0.25, 0.3) is 0 Å². The second kappa shape index (κ2) is 12.0. The molecule has 0 aliphatic rings. The molecule has 0 saturated heterocycles. The van der Waals surface area contributed by atoms with E-state index < -0.39 is 0 Å². The van der Waals surface area contributed by atoms with Crippen molar-refractivity contribution in [3.05, 3.63) is 120 Å². The van der Waals surface area contributed by atoms with Gasteiger partial charge in [0.15, 0.2) is 0 Å². The third-order valence-electron chi connectivity index (χ3n) is 9.53. The molecule has 8 aromatic carbocycles. The number of hydrogen-bond acceptors (Lipinski definition) is 3. The second-order valence-electron chi connectivity index (χ2n) is 12.3. The Bertz CT molecular complexity index is 2010. The molecule has 0 radical (unpaired) electrons. The van der Waals surface area contributed by atoms with Crippen molar-refractivity contribution in [2.75, 3.05) is 26.2 Å². The van der Waals surface area contributed by atoms with Crippen LogP contribution in [0.5, 0.6) is 0 Å². The number of nitrogens with one attached hydrogen (secondary N) is 3. The molecule has 3 nitrogen and oxygen atoms in total. The molecule has 0 fully saturated rings. The van der Waals surface area contributed by atoms with E-state index >= 15 is 0 Å². The lowest BCUT2D eigenvalue weighted by molar-refractivity contribution is 0.559. The summed E-state index contributed by atoms with van der Waals surface area (Å²) >= 11 is 0. The third-order valence-corrected chi connectivity index (χ3v) is 9.53. The normalized spacial score (nSPS) is 12.3. The van der Waals surface area contributed by atoms with E-state index in [1.807, 2.05) is 0 Å². The van der Waals surface area contributed by atoms with E-state index in [4.69, 9.17) is 0 Å². The molecule has 0 amide bonds. The summed E-state index contributed by atoms with van der Waals surface area (Å²) < 4.78 is 0. The lowest BCUT2D eigenvalue weighted by Crippen LogP contribution is -2.23. The van der Waals surface area contributed by atoms with Gasteiger partial charge in [0.05, 0.1) is 0 Å². The van der Waals surface area contributed by atoms with Crippen LogP contribution in [0.25, 0.3) is 64.6 Å². The van der Waals surface area contributed by atoms with E-state index in [0.29, 0.717) is 0 Å². The van der Waals surface area contributed by atoms with Crippen molar-refractivity contribution in [1.82, 2.24) is 16.0 Å². The van der Waals surface area contributed by atoms with Gasteiger partial charge in [0.1, 0.15) is 0 Å². The SMILES string of the molecule is c1cc2ccc3ccc(CNCCCCNCCCNCc4ccc5ccc6cccc7ccc4c5c67)c4ccc(c1)c2c34. The number of unbranched alkanes of at least 4 members (excludes halogenated alkanes) is 1. The summed E-state index contributed by atoms with van der Waals surface area (Å²) in [6.45, 7) is 6.03. The number of hydrogen-bond donors (Lipinski definition) is 3. The molecule has 0 aliphatic carbocycles. The summed E-state index contributed by atoms with van der Waals surface area (Å²) in [6, 6.07) is 40.6. The Balaban J connectivity index is 0.760. The molecule has 0 unspecified atom stereocenters. The van der Waals surface area contributed by atoms with Crippen molar-refractivity contribution in [3.63, 3.8) is 0 Å². The molecule has 0 aromatic heterocycles. The maximum absolute atomic E-state index is 3.70. The van der Waals surface area contributed by atoms with E-state index in [-0.39, 0.29) is 0 Å². The predicted octanol–water partition coefficient (Wildman–Crippen LogP) is 9.12. The van der Waals surface area contributed by atoms with Crippen molar-refractivity contribution < 1.29 is 0 Å². The molecule has 0 saturated carbocycles. The molecule has 3 heteroatoms. The molecule has 44 heavy (non-hydrogen) atoms. The summed E-state index contributed by atoms with van der Waals surface area (Å²) in [4.78, 5) is 0. The molecule has 3 N–H and O–H groups in total. The van der Waals surface area contributed by atoms with Crippen molar-refractivity contribution in [3.8, 4) is 0 Å². The zero-order valence-corrected chi connectivity index (χ0v) is 25.3. The van der Waals surface area contributed by atoms with Crippen LogP contribution in [-0.2, 0) is 13.1 Å². The van der Waals surface area contributed by atoms with Gasteiger partial charge in [-0.2, -0.15) is 0 Å². The van der Waals surface area contributed by atoms with E-state index in [1.54, 1.807) is 0 Å². The first-order valence-corrected chi connectivity index (χ1v) is 16.3. The van der Waals surface area contributed by atoms with Gasteiger partial charge in [-0.3, -0.25) is 0 Å². The summed E-state index contributed by atoms with van der Waals surface area (Å²) in [5.41, 5.74) is 2.78. The fourth-order valence-corrected chi connectivity index (χ4v) is 7.31. The van der Waals surface area contributed by atoms with E-state index in [2.05, 4.69) is 125 Å². The van der Waals surface area contributed by atoms with E-state index in [1.165, 1.54) is 88.6 Å². The van der Waals surface area contributed by atoms with Gasteiger partial charge in [-0.15, -0.1) is 0 Å². The van der Waals surface area contributed by atoms with Crippen LogP contribution in [0.4, 0.5) is 0 Å². The minimum absolute atomic E-state index is 0.909. The Kier molecular flexibility index (Phi) is 7.45. The highest BCUT2D eigenvalue weighted by Gasteiger charge is 2.12. The van der Waals surface area contributed by atoms with Gasteiger partial charge in [0.2, 0.25) is 0 Å². The molecule has 0 spiro atoms. The second-order valence-corrected chi connectivity index (χ2v) is 12.3. The maximum Gasteiger partial charge on any atom is 0.0211 e. The molecule has 8 rings (SSSR count). The number of benzene rings is 8. The van der Waals surface area contributed by atoms with Crippen LogP contribution in [-0.4, -0.2) is 26.2 Å². The van der Waals surface area contributed by atoms with Gasteiger partial charge in [-0.25, -0.2) is 0 Å². The zero-order chi connectivity index (χ0) is 29.3. The summed E-state index contributed by atoms with van der Waals surface area (Å²) in [6.07, 6.45) is 3.52. The van der Waals surface area contributed by atoms with Gasteiger partial charge < -0.3 is 16.0 Å². The highest BCUT2D eigenvalue weighted by atomic mass is 14.9. The maximum atomic E-state index is 3.70. The largest absolute Gasteiger partial charge is 0.317 e. The Morgan fingerprint density at radius 1 is 0.318 bits per heavy atom. The summed E-state index contributed by atoms with van der Waals surface area (Å²) in [5, 5.41) is 27.4. The summed E-state index contributed by atoms with van der Waals surface area (Å²) in [5.74, 6) is 0. The van der Waals surface area contributed by atoms with E-state index in [9.17, 15) is 0 Å². The highest BCUT2D eigenvalue weighted by molar-refractivity contribution is 6.24. The minimum Gasteiger partial charge on any atom is -0.317 e. The predicted molar refractivity (Wildman–Crippen MR) is 190 cm³/mol. The molecular formula is C41H39N3. The minimum atomic E-state index is 0.909. The monoisotopic (exact) mass is 573 g/mol. The quantitative estimate of drug-likeness (QED) is 0.0951. The average Bonchev–Trinajstić information content (AvgIpc) is 3.07. The lowest BCUT2D eigenvalue weighted by Gasteiger charge is -2.14. The molecule has 0 aliphatic heterocycles. The fourth-order valence-electron chi connectivity index (χ4n) is 7.31. The molecule has 218 valence electrons. The Hall–Kier alpha value is -4.28. The first kappa shape index (κ1) is 27.3. The first-order valence-electron chi connectivity index (χ1n) is 16.3. The van der Waals surface area contributed by atoms with Crippen LogP contribution >= 0.6 is 0 Å². The molecule has 0 bridgehead atoms. The van der Waals surface area contributed by atoms with Crippen LogP contribution < -0.4 is 16.0 Å².